The number of hydrogen-bond acceptors (Lipinski definition) is 4. The van der Waals surface area contributed by atoms with Crippen molar-refractivity contribution in [2.45, 2.75) is 26.2 Å². The molecule has 0 amide bonds. The molecule has 1 saturated heterocycles. The van der Waals surface area contributed by atoms with Crippen LogP contribution in [0, 0.1) is 0 Å². The lowest BCUT2D eigenvalue weighted by Crippen LogP contribution is -2.46. The molecule has 1 fully saturated rings. The summed E-state index contributed by atoms with van der Waals surface area (Å²) in [5, 5.41) is 0. The predicted molar refractivity (Wildman–Crippen MR) is 66.6 cm³/mol. The Kier molecular flexibility index (Phi) is 3.22. The second-order valence-electron chi connectivity index (χ2n) is 4.29. The SMILES string of the molecule is C/C=C/C(=O)c1c(N2CCCCC2)c(=O)c1=O. The lowest BCUT2D eigenvalue weighted by atomic mass is 9.99. The van der Waals surface area contributed by atoms with Gasteiger partial charge in [-0.25, -0.2) is 0 Å². The van der Waals surface area contributed by atoms with Crippen molar-refractivity contribution in [3.63, 3.8) is 0 Å². The molecule has 0 aromatic heterocycles. The molecule has 90 valence electrons. The number of allylic oxidation sites excluding steroid dienone is 2. The number of hydrogen-bond donors (Lipinski definition) is 0. The normalized spacial score (nSPS) is 16.9. The number of ketones is 1. The Labute approximate surface area is 99.2 Å². The number of piperidine rings is 1. The molecular weight excluding hydrogens is 218 g/mol. The van der Waals surface area contributed by atoms with Gasteiger partial charge in [0.2, 0.25) is 5.43 Å². The van der Waals surface area contributed by atoms with Crippen LogP contribution >= 0.6 is 0 Å². The topological polar surface area (TPSA) is 54.5 Å². The van der Waals surface area contributed by atoms with E-state index in [1.54, 1.807) is 13.0 Å². The zero-order valence-electron chi connectivity index (χ0n) is 9.86. The van der Waals surface area contributed by atoms with E-state index in [-0.39, 0.29) is 11.3 Å². The molecule has 0 unspecified atom stereocenters. The van der Waals surface area contributed by atoms with Crippen molar-refractivity contribution in [2.75, 3.05) is 18.0 Å². The standard InChI is InChI=1S/C13H15NO3/c1-2-6-9(15)10-11(13(17)12(10)16)14-7-4-3-5-8-14/h2,6H,3-5,7-8H2,1H3/b6-2+. The van der Waals surface area contributed by atoms with Gasteiger partial charge in [0.15, 0.2) is 5.78 Å². The van der Waals surface area contributed by atoms with Gasteiger partial charge >= 0.3 is 0 Å². The molecular formula is C13H15NO3. The van der Waals surface area contributed by atoms with Crippen LogP contribution < -0.4 is 15.8 Å². The number of carbonyl (C=O) groups is 1. The Morgan fingerprint density at radius 3 is 2.35 bits per heavy atom. The molecule has 0 atom stereocenters. The van der Waals surface area contributed by atoms with Gasteiger partial charge in [0.25, 0.3) is 5.43 Å². The molecule has 17 heavy (non-hydrogen) atoms. The highest BCUT2D eigenvalue weighted by Crippen LogP contribution is 2.20. The third-order valence-corrected chi connectivity index (χ3v) is 3.12. The maximum Gasteiger partial charge on any atom is 0.250 e. The molecule has 0 radical (unpaired) electrons. The summed E-state index contributed by atoms with van der Waals surface area (Å²) in [5.74, 6) is -0.349. The van der Waals surface area contributed by atoms with Crippen molar-refractivity contribution in [3.8, 4) is 0 Å². The highest BCUT2D eigenvalue weighted by molar-refractivity contribution is 6.09. The smallest absolute Gasteiger partial charge is 0.250 e. The van der Waals surface area contributed by atoms with Gasteiger partial charge in [-0.3, -0.25) is 14.4 Å². The third kappa shape index (κ3) is 1.95. The molecule has 1 aromatic carbocycles. The van der Waals surface area contributed by atoms with Crippen LogP contribution in [0.15, 0.2) is 21.7 Å². The van der Waals surface area contributed by atoms with E-state index in [9.17, 15) is 14.4 Å². The predicted octanol–water partition coefficient (Wildman–Crippen LogP) is 1.03. The summed E-state index contributed by atoms with van der Waals surface area (Å²) in [6.45, 7) is 3.24. The van der Waals surface area contributed by atoms with E-state index in [1.165, 1.54) is 6.08 Å². The van der Waals surface area contributed by atoms with Gasteiger partial charge in [-0.2, -0.15) is 0 Å². The molecule has 1 aliphatic heterocycles. The summed E-state index contributed by atoms with van der Waals surface area (Å²) in [6, 6.07) is 0. The fourth-order valence-corrected chi connectivity index (χ4v) is 2.26. The molecule has 0 spiro atoms. The summed E-state index contributed by atoms with van der Waals surface area (Å²) in [7, 11) is 0. The average molecular weight is 233 g/mol. The summed E-state index contributed by atoms with van der Waals surface area (Å²) in [5.41, 5.74) is -0.707. The Balaban J connectivity index is 2.34. The number of carbonyl (C=O) groups excluding carboxylic acids is 1. The number of anilines is 1. The van der Waals surface area contributed by atoms with E-state index < -0.39 is 10.9 Å². The van der Waals surface area contributed by atoms with E-state index in [0.29, 0.717) is 5.69 Å². The summed E-state index contributed by atoms with van der Waals surface area (Å²) >= 11 is 0. The zero-order valence-corrected chi connectivity index (χ0v) is 9.86. The van der Waals surface area contributed by atoms with Gasteiger partial charge in [-0.1, -0.05) is 6.08 Å². The van der Waals surface area contributed by atoms with E-state index in [0.717, 1.165) is 32.4 Å². The second kappa shape index (κ2) is 4.65. The first kappa shape index (κ1) is 11.8. The van der Waals surface area contributed by atoms with Gasteiger partial charge in [-0.05, 0) is 32.3 Å². The monoisotopic (exact) mass is 233 g/mol. The highest BCUT2D eigenvalue weighted by atomic mass is 16.2. The first-order valence-corrected chi connectivity index (χ1v) is 5.92. The molecule has 1 heterocycles. The van der Waals surface area contributed by atoms with Gasteiger partial charge in [0.1, 0.15) is 11.3 Å². The lowest BCUT2D eigenvalue weighted by molar-refractivity contribution is 0.104. The summed E-state index contributed by atoms with van der Waals surface area (Å²) in [6.07, 6.45) is 6.08. The van der Waals surface area contributed by atoms with Gasteiger partial charge < -0.3 is 4.90 Å². The largest absolute Gasteiger partial charge is 0.368 e. The van der Waals surface area contributed by atoms with E-state index in [1.807, 2.05) is 4.90 Å². The van der Waals surface area contributed by atoms with Crippen molar-refractivity contribution < 1.29 is 4.79 Å². The van der Waals surface area contributed by atoms with Crippen LogP contribution in [0.2, 0.25) is 0 Å². The summed E-state index contributed by atoms with van der Waals surface area (Å²) in [4.78, 5) is 36.6. The first-order chi connectivity index (χ1) is 8.16. The van der Waals surface area contributed by atoms with Gasteiger partial charge in [0, 0.05) is 13.1 Å². The fourth-order valence-electron chi connectivity index (χ4n) is 2.26. The van der Waals surface area contributed by atoms with E-state index in [4.69, 9.17) is 0 Å². The van der Waals surface area contributed by atoms with Crippen molar-refractivity contribution in [2.24, 2.45) is 0 Å². The van der Waals surface area contributed by atoms with E-state index in [2.05, 4.69) is 0 Å². The molecule has 4 heteroatoms. The number of nitrogens with zero attached hydrogens (tertiary/aromatic N) is 1. The molecule has 2 rings (SSSR count). The minimum absolute atomic E-state index is 0.0787. The Hall–Kier alpha value is -1.71. The second-order valence-corrected chi connectivity index (χ2v) is 4.29. The first-order valence-electron chi connectivity index (χ1n) is 5.92. The fraction of sp³-hybridized carbons (Fsp3) is 0.462. The maximum atomic E-state index is 11.7. The molecule has 0 bridgehead atoms. The van der Waals surface area contributed by atoms with Crippen LogP contribution in [0.25, 0.3) is 0 Å². The summed E-state index contributed by atoms with van der Waals surface area (Å²) < 4.78 is 0. The van der Waals surface area contributed by atoms with E-state index >= 15 is 0 Å². The van der Waals surface area contributed by atoms with Crippen LogP contribution in [0.4, 0.5) is 5.69 Å². The van der Waals surface area contributed by atoms with Gasteiger partial charge in [0.05, 0.1) is 0 Å². The average Bonchev–Trinajstić information content (AvgIpc) is 2.35. The highest BCUT2D eigenvalue weighted by Gasteiger charge is 2.29. The molecule has 1 aliphatic rings. The Morgan fingerprint density at radius 2 is 1.76 bits per heavy atom. The van der Waals surface area contributed by atoms with Gasteiger partial charge in [-0.15, -0.1) is 0 Å². The molecule has 1 aromatic rings. The Bertz CT molecular complexity index is 529. The maximum absolute atomic E-state index is 11.7. The van der Waals surface area contributed by atoms with Crippen LogP contribution in [0.1, 0.15) is 36.5 Å². The number of rotatable bonds is 3. The molecule has 4 nitrogen and oxygen atoms in total. The quantitative estimate of drug-likeness (QED) is 0.444. The minimum atomic E-state index is -0.631. The molecule has 0 saturated carbocycles. The third-order valence-electron chi connectivity index (χ3n) is 3.12. The molecule has 0 aliphatic carbocycles. The van der Waals surface area contributed by atoms with Crippen molar-refractivity contribution >= 4 is 11.5 Å². The zero-order chi connectivity index (χ0) is 12.4. The van der Waals surface area contributed by atoms with Crippen LogP contribution in [-0.4, -0.2) is 18.9 Å². The van der Waals surface area contributed by atoms with Crippen LogP contribution in [0.5, 0.6) is 0 Å². The minimum Gasteiger partial charge on any atom is -0.368 e. The van der Waals surface area contributed by atoms with Crippen molar-refractivity contribution in [1.82, 2.24) is 0 Å². The van der Waals surface area contributed by atoms with Crippen LogP contribution in [0.3, 0.4) is 0 Å². The lowest BCUT2D eigenvalue weighted by Gasteiger charge is -2.30. The Morgan fingerprint density at radius 1 is 1.12 bits per heavy atom. The van der Waals surface area contributed by atoms with Crippen molar-refractivity contribution in [1.29, 1.82) is 0 Å². The van der Waals surface area contributed by atoms with Crippen LogP contribution in [-0.2, 0) is 0 Å². The van der Waals surface area contributed by atoms with Crippen molar-refractivity contribution in [3.05, 3.63) is 38.2 Å². The molecule has 0 N–H and O–H groups in total.